The van der Waals surface area contributed by atoms with Crippen LogP contribution in [0.1, 0.15) is 37.0 Å². The van der Waals surface area contributed by atoms with Crippen LogP contribution in [0.5, 0.6) is 0 Å². The SMILES string of the molecule is CC(C)(C#N)CCCOC(=O)c1cccc(N)c1. The van der Waals surface area contributed by atoms with Gasteiger partial charge in [-0.2, -0.15) is 5.26 Å². The second-order valence-electron chi connectivity index (χ2n) is 4.86. The van der Waals surface area contributed by atoms with Crippen molar-refractivity contribution < 1.29 is 9.53 Å². The second kappa shape index (κ2) is 6.06. The molecule has 0 saturated carbocycles. The molecule has 0 amide bonds. The highest BCUT2D eigenvalue weighted by atomic mass is 16.5. The minimum Gasteiger partial charge on any atom is -0.462 e. The van der Waals surface area contributed by atoms with Crippen molar-refractivity contribution in [2.45, 2.75) is 26.7 Å². The predicted molar refractivity (Wildman–Crippen MR) is 69.8 cm³/mol. The lowest BCUT2D eigenvalue weighted by molar-refractivity contribution is 0.0491. The number of ether oxygens (including phenoxy) is 1. The van der Waals surface area contributed by atoms with Gasteiger partial charge < -0.3 is 10.5 Å². The Morgan fingerprint density at radius 3 is 2.83 bits per heavy atom. The molecular formula is C14H18N2O2. The molecule has 0 atom stereocenters. The summed E-state index contributed by atoms with van der Waals surface area (Å²) in [5, 5.41) is 8.84. The Labute approximate surface area is 107 Å². The number of carbonyl (C=O) groups is 1. The first-order valence-electron chi connectivity index (χ1n) is 5.88. The average molecular weight is 246 g/mol. The molecule has 0 aliphatic carbocycles. The Morgan fingerprint density at radius 2 is 2.22 bits per heavy atom. The standard InChI is InChI=1S/C14H18N2O2/c1-14(2,10-15)7-4-8-18-13(17)11-5-3-6-12(16)9-11/h3,5-6,9H,4,7-8,16H2,1-2H3. The van der Waals surface area contributed by atoms with Crippen LogP contribution in [-0.4, -0.2) is 12.6 Å². The number of benzene rings is 1. The Hall–Kier alpha value is -2.02. The molecule has 0 spiro atoms. The van der Waals surface area contributed by atoms with E-state index in [0.717, 1.165) is 0 Å². The van der Waals surface area contributed by atoms with Crippen LogP contribution in [0.2, 0.25) is 0 Å². The van der Waals surface area contributed by atoms with E-state index in [4.69, 9.17) is 15.7 Å². The van der Waals surface area contributed by atoms with E-state index in [0.29, 0.717) is 30.7 Å². The molecule has 0 unspecified atom stereocenters. The first-order valence-corrected chi connectivity index (χ1v) is 5.88. The summed E-state index contributed by atoms with van der Waals surface area (Å²) in [5.74, 6) is -0.378. The fourth-order valence-electron chi connectivity index (χ4n) is 1.48. The lowest BCUT2D eigenvalue weighted by Gasteiger charge is -2.14. The number of nitrogens with two attached hydrogens (primary N) is 1. The molecule has 0 aliphatic heterocycles. The summed E-state index contributed by atoms with van der Waals surface area (Å²) in [6.45, 7) is 4.05. The summed E-state index contributed by atoms with van der Waals surface area (Å²) in [4.78, 5) is 11.6. The molecule has 0 aromatic heterocycles. The number of nitriles is 1. The smallest absolute Gasteiger partial charge is 0.338 e. The Kier molecular flexibility index (Phi) is 4.73. The molecule has 18 heavy (non-hydrogen) atoms. The van der Waals surface area contributed by atoms with Crippen LogP contribution < -0.4 is 5.73 Å². The maximum atomic E-state index is 11.6. The van der Waals surface area contributed by atoms with E-state index < -0.39 is 0 Å². The molecule has 0 bridgehead atoms. The van der Waals surface area contributed by atoms with Crippen LogP contribution in [0.4, 0.5) is 5.69 Å². The van der Waals surface area contributed by atoms with Gasteiger partial charge in [0, 0.05) is 5.69 Å². The maximum absolute atomic E-state index is 11.6. The van der Waals surface area contributed by atoms with Crippen LogP contribution in [0.25, 0.3) is 0 Å². The third kappa shape index (κ3) is 4.46. The molecule has 1 aromatic carbocycles. The van der Waals surface area contributed by atoms with Gasteiger partial charge in [-0.15, -0.1) is 0 Å². The molecule has 1 aromatic rings. The number of hydrogen-bond acceptors (Lipinski definition) is 4. The largest absolute Gasteiger partial charge is 0.462 e. The average Bonchev–Trinajstić information content (AvgIpc) is 2.34. The fraction of sp³-hybridized carbons (Fsp3) is 0.429. The molecule has 0 heterocycles. The molecular weight excluding hydrogens is 228 g/mol. The Morgan fingerprint density at radius 1 is 1.50 bits per heavy atom. The number of carbonyl (C=O) groups excluding carboxylic acids is 1. The first-order chi connectivity index (χ1) is 8.44. The highest BCUT2D eigenvalue weighted by Crippen LogP contribution is 2.20. The summed E-state index contributed by atoms with van der Waals surface area (Å²) in [7, 11) is 0. The van der Waals surface area contributed by atoms with Crippen molar-refractivity contribution >= 4 is 11.7 Å². The van der Waals surface area contributed by atoms with Crippen LogP contribution >= 0.6 is 0 Å². The molecule has 2 N–H and O–H groups in total. The van der Waals surface area contributed by atoms with Crippen LogP contribution in [0.3, 0.4) is 0 Å². The molecule has 4 heteroatoms. The van der Waals surface area contributed by atoms with Crippen molar-refractivity contribution in [2.75, 3.05) is 12.3 Å². The summed E-state index contributed by atoms with van der Waals surface area (Å²) < 4.78 is 5.12. The lowest BCUT2D eigenvalue weighted by atomic mass is 9.90. The molecule has 4 nitrogen and oxygen atoms in total. The summed E-state index contributed by atoms with van der Waals surface area (Å²) >= 11 is 0. The number of nitrogen functional groups attached to an aromatic ring is 1. The lowest BCUT2D eigenvalue weighted by Crippen LogP contribution is -2.11. The zero-order chi connectivity index (χ0) is 13.6. The highest BCUT2D eigenvalue weighted by Gasteiger charge is 2.16. The highest BCUT2D eigenvalue weighted by molar-refractivity contribution is 5.90. The van der Waals surface area contributed by atoms with Gasteiger partial charge in [-0.1, -0.05) is 6.07 Å². The van der Waals surface area contributed by atoms with Gasteiger partial charge in [0.05, 0.1) is 23.7 Å². The molecule has 96 valence electrons. The number of rotatable bonds is 5. The van der Waals surface area contributed by atoms with Crippen molar-refractivity contribution in [3.63, 3.8) is 0 Å². The van der Waals surface area contributed by atoms with Crippen molar-refractivity contribution in [1.29, 1.82) is 5.26 Å². The van der Waals surface area contributed by atoms with Crippen LogP contribution in [0, 0.1) is 16.7 Å². The van der Waals surface area contributed by atoms with Crippen molar-refractivity contribution in [1.82, 2.24) is 0 Å². The Balaban J connectivity index is 2.37. The van der Waals surface area contributed by atoms with Gasteiger partial charge in [-0.3, -0.25) is 0 Å². The minimum absolute atomic E-state index is 0.318. The third-order valence-corrected chi connectivity index (χ3v) is 2.60. The van der Waals surface area contributed by atoms with Crippen molar-refractivity contribution in [2.24, 2.45) is 5.41 Å². The van der Waals surface area contributed by atoms with E-state index in [1.807, 2.05) is 13.8 Å². The Bertz CT molecular complexity index is 461. The monoisotopic (exact) mass is 246 g/mol. The molecule has 0 radical (unpaired) electrons. The third-order valence-electron chi connectivity index (χ3n) is 2.60. The predicted octanol–water partition coefficient (Wildman–Crippen LogP) is 2.76. The summed E-state index contributed by atoms with van der Waals surface area (Å²) in [6.07, 6.45) is 1.38. The van der Waals surface area contributed by atoms with Gasteiger partial charge >= 0.3 is 5.97 Å². The number of esters is 1. The fourth-order valence-corrected chi connectivity index (χ4v) is 1.48. The summed E-state index contributed by atoms with van der Waals surface area (Å²) in [5.41, 5.74) is 6.20. The zero-order valence-electron chi connectivity index (χ0n) is 10.8. The topological polar surface area (TPSA) is 76.1 Å². The van der Waals surface area contributed by atoms with Gasteiger partial charge in [0.2, 0.25) is 0 Å². The second-order valence-corrected chi connectivity index (χ2v) is 4.86. The first kappa shape index (κ1) is 14.0. The van der Waals surface area contributed by atoms with E-state index in [-0.39, 0.29) is 11.4 Å². The summed E-state index contributed by atoms with van der Waals surface area (Å²) in [6, 6.07) is 8.89. The number of anilines is 1. The van der Waals surface area contributed by atoms with E-state index in [1.54, 1.807) is 24.3 Å². The van der Waals surface area contributed by atoms with E-state index >= 15 is 0 Å². The number of nitrogens with zero attached hydrogens (tertiary/aromatic N) is 1. The minimum atomic E-state index is -0.378. The van der Waals surface area contributed by atoms with E-state index in [2.05, 4.69) is 6.07 Å². The van der Waals surface area contributed by atoms with Gasteiger partial charge in [-0.25, -0.2) is 4.79 Å². The van der Waals surface area contributed by atoms with E-state index in [9.17, 15) is 4.79 Å². The van der Waals surface area contributed by atoms with Crippen molar-refractivity contribution in [3.8, 4) is 6.07 Å². The van der Waals surface area contributed by atoms with Crippen molar-refractivity contribution in [3.05, 3.63) is 29.8 Å². The van der Waals surface area contributed by atoms with Gasteiger partial charge in [0.15, 0.2) is 0 Å². The molecule has 0 fully saturated rings. The zero-order valence-corrected chi connectivity index (χ0v) is 10.8. The van der Waals surface area contributed by atoms with Gasteiger partial charge in [0.1, 0.15) is 0 Å². The van der Waals surface area contributed by atoms with Gasteiger partial charge in [0.25, 0.3) is 0 Å². The maximum Gasteiger partial charge on any atom is 0.338 e. The van der Waals surface area contributed by atoms with E-state index in [1.165, 1.54) is 0 Å². The molecule has 1 rings (SSSR count). The molecule has 0 aliphatic rings. The van der Waals surface area contributed by atoms with Crippen LogP contribution in [0.15, 0.2) is 24.3 Å². The normalized spacial score (nSPS) is 10.7. The van der Waals surface area contributed by atoms with Crippen LogP contribution in [-0.2, 0) is 4.74 Å². The number of hydrogen-bond donors (Lipinski definition) is 1. The van der Waals surface area contributed by atoms with Gasteiger partial charge in [-0.05, 0) is 44.9 Å². The quantitative estimate of drug-likeness (QED) is 0.492. The molecule has 0 saturated heterocycles.